The van der Waals surface area contributed by atoms with E-state index in [1.54, 1.807) is 12.1 Å². The minimum Gasteiger partial charge on any atom is -0.348 e. The third-order valence-electron chi connectivity index (χ3n) is 4.04. The standard InChI is InChI=1S/C19H30N2O2/c1-7-21(14(2)3)13-12-20-18(23)17(22)15-8-10-16(11-9-15)19(4,5)6/h8-11,14H,7,12-13H2,1-6H3,(H,20,23). The van der Waals surface area contributed by atoms with Crippen molar-refractivity contribution in [3.8, 4) is 0 Å². The molecule has 1 aromatic rings. The molecule has 128 valence electrons. The number of carbonyl (C=O) groups excluding carboxylic acids is 2. The van der Waals surface area contributed by atoms with Crippen molar-refractivity contribution in [1.29, 1.82) is 0 Å². The molecule has 0 fully saturated rings. The number of benzene rings is 1. The second kappa shape index (κ2) is 8.25. The van der Waals surface area contributed by atoms with Gasteiger partial charge >= 0.3 is 0 Å². The van der Waals surface area contributed by atoms with Gasteiger partial charge < -0.3 is 5.32 Å². The highest BCUT2D eigenvalue weighted by molar-refractivity contribution is 6.42. The van der Waals surface area contributed by atoms with Crippen LogP contribution in [0, 0.1) is 0 Å². The summed E-state index contributed by atoms with van der Waals surface area (Å²) in [4.78, 5) is 26.4. The van der Waals surface area contributed by atoms with Gasteiger partial charge in [-0.25, -0.2) is 0 Å². The molecule has 23 heavy (non-hydrogen) atoms. The average molecular weight is 318 g/mol. The molecule has 1 aromatic carbocycles. The van der Waals surface area contributed by atoms with Crippen LogP contribution >= 0.6 is 0 Å². The summed E-state index contributed by atoms with van der Waals surface area (Å²) >= 11 is 0. The van der Waals surface area contributed by atoms with Gasteiger partial charge in [0.05, 0.1) is 0 Å². The molecule has 0 radical (unpaired) electrons. The van der Waals surface area contributed by atoms with E-state index in [2.05, 4.69) is 51.8 Å². The smallest absolute Gasteiger partial charge is 0.292 e. The van der Waals surface area contributed by atoms with Crippen LogP contribution in [0.2, 0.25) is 0 Å². The van der Waals surface area contributed by atoms with Crippen molar-refractivity contribution >= 4 is 11.7 Å². The highest BCUT2D eigenvalue weighted by Crippen LogP contribution is 2.22. The highest BCUT2D eigenvalue weighted by atomic mass is 16.2. The maximum atomic E-state index is 12.2. The quantitative estimate of drug-likeness (QED) is 0.621. The Hall–Kier alpha value is -1.68. The lowest BCUT2D eigenvalue weighted by molar-refractivity contribution is -0.117. The molecule has 0 aliphatic rings. The summed E-state index contributed by atoms with van der Waals surface area (Å²) in [6.07, 6.45) is 0. The number of ketones is 1. The van der Waals surface area contributed by atoms with Gasteiger partial charge in [-0.2, -0.15) is 0 Å². The number of rotatable bonds is 7. The van der Waals surface area contributed by atoms with Gasteiger partial charge in [-0.3, -0.25) is 14.5 Å². The number of amides is 1. The van der Waals surface area contributed by atoms with Gasteiger partial charge in [0.2, 0.25) is 5.78 Å². The van der Waals surface area contributed by atoms with Crippen molar-refractivity contribution in [3.63, 3.8) is 0 Å². The summed E-state index contributed by atoms with van der Waals surface area (Å²) in [6, 6.07) is 7.72. The number of nitrogens with one attached hydrogen (secondary N) is 1. The number of carbonyl (C=O) groups is 2. The van der Waals surface area contributed by atoms with E-state index in [-0.39, 0.29) is 5.41 Å². The number of nitrogens with zero attached hydrogens (tertiary/aromatic N) is 1. The van der Waals surface area contributed by atoms with Crippen LogP contribution in [0.15, 0.2) is 24.3 Å². The fourth-order valence-corrected chi connectivity index (χ4v) is 2.43. The average Bonchev–Trinajstić information content (AvgIpc) is 2.49. The topological polar surface area (TPSA) is 49.4 Å². The Balaban J connectivity index is 2.58. The first-order valence-electron chi connectivity index (χ1n) is 8.34. The van der Waals surface area contributed by atoms with Gasteiger partial charge in [0.25, 0.3) is 5.91 Å². The summed E-state index contributed by atoms with van der Waals surface area (Å²) in [5, 5.41) is 2.72. The molecule has 0 saturated carbocycles. The predicted octanol–water partition coefficient (Wildman–Crippen LogP) is 3.01. The minimum absolute atomic E-state index is 0.0320. The fraction of sp³-hybridized carbons (Fsp3) is 0.579. The van der Waals surface area contributed by atoms with Gasteiger partial charge in [0.1, 0.15) is 0 Å². The first-order valence-corrected chi connectivity index (χ1v) is 8.34. The molecule has 1 amide bonds. The highest BCUT2D eigenvalue weighted by Gasteiger charge is 2.18. The van der Waals surface area contributed by atoms with Crippen molar-refractivity contribution in [3.05, 3.63) is 35.4 Å². The van der Waals surface area contributed by atoms with Crippen molar-refractivity contribution < 1.29 is 9.59 Å². The van der Waals surface area contributed by atoms with Crippen LogP contribution in [0.25, 0.3) is 0 Å². The Morgan fingerprint density at radius 2 is 1.70 bits per heavy atom. The second-order valence-corrected chi connectivity index (χ2v) is 7.13. The van der Waals surface area contributed by atoms with Crippen molar-refractivity contribution in [2.24, 2.45) is 0 Å². The zero-order valence-corrected chi connectivity index (χ0v) is 15.3. The van der Waals surface area contributed by atoms with Gasteiger partial charge in [0.15, 0.2) is 0 Å². The lowest BCUT2D eigenvalue weighted by Gasteiger charge is -2.24. The van der Waals surface area contributed by atoms with E-state index in [1.165, 1.54) is 0 Å². The second-order valence-electron chi connectivity index (χ2n) is 7.13. The van der Waals surface area contributed by atoms with Crippen LogP contribution in [-0.2, 0) is 10.2 Å². The van der Waals surface area contributed by atoms with E-state index in [4.69, 9.17) is 0 Å². The Morgan fingerprint density at radius 3 is 2.13 bits per heavy atom. The number of hydrogen-bond acceptors (Lipinski definition) is 3. The van der Waals surface area contributed by atoms with Crippen LogP contribution in [0.5, 0.6) is 0 Å². The van der Waals surface area contributed by atoms with E-state index in [9.17, 15) is 9.59 Å². The molecule has 4 nitrogen and oxygen atoms in total. The monoisotopic (exact) mass is 318 g/mol. The van der Waals surface area contributed by atoms with Crippen LogP contribution in [0.3, 0.4) is 0 Å². The molecule has 0 aromatic heterocycles. The SMILES string of the molecule is CCN(CCNC(=O)C(=O)c1ccc(C(C)(C)C)cc1)C(C)C. The van der Waals surface area contributed by atoms with Crippen LogP contribution < -0.4 is 5.32 Å². The number of hydrogen-bond donors (Lipinski definition) is 1. The molecule has 0 atom stereocenters. The van der Waals surface area contributed by atoms with Crippen molar-refractivity contribution in [2.75, 3.05) is 19.6 Å². The number of Topliss-reactive ketones (excluding diaryl/α,β-unsaturated/α-hetero) is 1. The molecular formula is C19H30N2O2. The first-order chi connectivity index (χ1) is 10.7. The maximum Gasteiger partial charge on any atom is 0.292 e. The Bertz CT molecular complexity index is 527. The third kappa shape index (κ3) is 5.79. The van der Waals surface area contributed by atoms with Gasteiger partial charge in [-0.1, -0.05) is 52.0 Å². The molecule has 1 N–H and O–H groups in total. The van der Waals surface area contributed by atoms with E-state index in [0.29, 0.717) is 18.2 Å². The zero-order chi connectivity index (χ0) is 17.6. The van der Waals surface area contributed by atoms with Crippen molar-refractivity contribution in [2.45, 2.75) is 53.0 Å². The summed E-state index contributed by atoms with van der Waals surface area (Å²) in [5.41, 5.74) is 1.61. The molecule has 0 unspecified atom stereocenters. The van der Waals surface area contributed by atoms with Gasteiger partial charge in [-0.15, -0.1) is 0 Å². The van der Waals surface area contributed by atoms with Crippen LogP contribution in [0.4, 0.5) is 0 Å². The Morgan fingerprint density at radius 1 is 1.13 bits per heavy atom. The number of likely N-dealkylation sites (N-methyl/N-ethyl adjacent to an activating group) is 1. The van der Waals surface area contributed by atoms with Crippen molar-refractivity contribution in [1.82, 2.24) is 10.2 Å². The molecule has 1 rings (SSSR count). The summed E-state index contributed by atoms with van der Waals surface area (Å²) < 4.78 is 0. The van der Waals surface area contributed by atoms with E-state index < -0.39 is 11.7 Å². The molecule has 0 bridgehead atoms. The van der Waals surface area contributed by atoms with E-state index in [1.807, 2.05) is 12.1 Å². The van der Waals surface area contributed by atoms with E-state index in [0.717, 1.165) is 18.7 Å². The van der Waals surface area contributed by atoms with Crippen LogP contribution in [0.1, 0.15) is 57.5 Å². The van der Waals surface area contributed by atoms with Gasteiger partial charge in [0, 0.05) is 24.7 Å². The molecule has 4 heteroatoms. The lowest BCUT2D eigenvalue weighted by atomic mass is 9.86. The van der Waals surface area contributed by atoms with E-state index >= 15 is 0 Å². The lowest BCUT2D eigenvalue weighted by Crippen LogP contribution is -2.40. The molecule has 0 spiro atoms. The minimum atomic E-state index is -0.534. The molecule has 0 heterocycles. The summed E-state index contributed by atoms with van der Waals surface area (Å²) in [5.74, 6) is -1.01. The normalized spacial score (nSPS) is 11.8. The summed E-state index contributed by atoms with van der Waals surface area (Å²) in [6.45, 7) is 14.8. The third-order valence-corrected chi connectivity index (χ3v) is 4.04. The molecular weight excluding hydrogens is 288 g/mol. The first kappa shape index (κ1) is 19.4. The molecule has 0 saturated heterocycles. The van der Waals surface area contributed by atoms with Gasteiger partial charge in [-0.05, 0) is 31.4 Å². The molecule has 0 aliphatic carbocycles. The fourth-order valence-electron chi connectivity index (χ4n) is 2.43. The van der Waals surface area contributed by atoms with Crippen LogP contribution in [-0.4, -0.2) is 42.3 Å². The molecule has 0 aliphatic heterocycles. The Kier molecular flexibility index (Phi) is 6.95. The summed E-state index contributed by atoms with van der Waals surface area (Å²) in [7, 11) is 0. The predicted molar refractivity (Wildman–Crippen MR) is 94.9 cm³/mol. The maximum absolute atomic E-state index is 12.2. The zero-order valence-electron chi connectivity index (χ0n) is 15.3. The Labute approximate surface area is 140 Å². The largest absolute Gasteiger partial charge is 0.348 e.